The van der Waals surface area contributed by atoms with Gasteiger partial charge in [0.25, 0.3) is 0 Å². The Kier molecular flexibility index (Phi) is 10.1. The fourth-order valence-corrected chi connectivity index (χ4v) is 8.30. The van der Waals surface area contributed by atoms with Gasteiger partial charge in [0.15, 0.2) is 28.8 Å². The van der Waals surface area contributed by atoms with Crippen molar-refractivity contribution < 1.29 is 13.9 Å². The molecule has 62 heavy (non-hydrogen) atoms. The molecule has 8 aromatic rings. The molecule has 6 aromatic heterocycles. The van der Waals surface area contributed by atoms with Crippen molar-refractivity contribution in [1.29, 1.82) is 5.26 Å². The Morgan fingerprint density at radius 3 is 2.23 bits per heavy atom. The summed E-state index contributed by atoms with van der Waals surface area (Å²) in [7, 11) is 1.84. The van der Waals surface area contributed by atoms with Crippen LogP contribution in [0.15, 0.2) is 85.8 Å². The number of hydrogen-bond donors (Lipinski definition) is 3. The van der Waals surface area contributed by atoms with E-state index in [0.29, 0.717) is 46.8 Å². The van der Waals surface area contributed by atoms with Gasteiger partial charge < -0.3 is 20.9 Å². The van der Waals surface area contributed by atoms with E-state index < -0.39 is 6.10 Å². The van der Waals surface area contributed by atoms with Crippen molar-refractivity contribution >= 4 is 11.6 Å². The Bertz CT molecular complexity index is 3050. The van der Waals surface area contributed by atoms with Gasteiger partial charge in [-0.25, -0.2) is 24.3 Å². The first-order valence-corrected chi connectivity index (χ1v) is 20.1. The molecule has 0 aliphatic carbocycles. The van der Waals surface area contributed by atoms with Gasteiger partial charge in [-0.3, -0.25) is 14.5 Å². The number of rotatable bonds is 1. The largest absolute Gasteiger partial charge is 0.482 e. The predicted molar refractivity (Wildman–Crippen MR) is 231 cm³/mol. The van der Waals surface area contributed by atoms with E-state index in [0.717, 1.165) is 73.8 Å². The molecule has 2 aliphatic rings. The zero-order valence-electron chi connectivity index (χ0n) is 34.7. The lowest BCUT2D eigenvalue weighted by Gasteiger charge is -2.22. The van der Waals surface area contributed by atoms with Gasteiger partial charge in [-0.05, 0) is 58.0 Å². The van der Waals surface area contributed by atoms with E-state index >= 15 is 0 Å². The maximum absolute atomic E-state index is 14.2. The number of aromatic amines is 1. The van der Waals surface area contributed by atoms with Crippen LogP contribution in [0.25, 0.3) is 44.9 Å². The summed E-state index contributed by atoms with van der Waals surface area (Å²) in [4.78, 5) is 17.7. The quantitative estimate of drug-likeness (QED) is 0.144. The summed E-state index contributed by atoms with van der Waals surface area (Å²) in [5, 5.41) is 25.8. The second kappa shape index (κ2) is 15.9. The molecule has 2 atom stereocenters. The number of nitriles is 1. The third kappa shape index (κ3) is 7.12. The molecule has 0 amide bonds. The minimum Gasteiger partial charge on any atom is -0.482 e. The fraction of sp³-hybridized carbons (Fsp3) is 0.217. The van der Waals surface area contributed by atoms with Gasteiger partial charge >= 0.3 is 0 Å². The first-order valence-electron chi connectivity index (χ1n) is 20.1. The van der Waals surface area contributed by atoms with Gasteiger partial charge in [0.1, 0.15) is 30.4 Å². The zero-order valence-corrected chi connectivity index (χ0v) is 34.7. The van der Waals surface area contributed by atoms with E-state index in [9.17, 15) is 9.65 Å². The molecule has 8 heterocycles. The highest BCUT2D eigenvalue weighted by atomic mass is 19.1. The lowest BCUT2D eigenvalue weighted by molar-refractivity contribution is 0.227. The van der Waals surface area contributed by atoms with Crippen LogP contribution < -0.4 is 20.9 Å². The Labute approximate surface area is 356 Å². The van der Waals surface area contributed by atoms with E-state index in [1.165, 1.54) is 12.1 Å². The number of nitrogens with one attached hydrogen (secondary N) is 1. The van der Waals surface area contributed by atoms with Gasteiger partial charge in [0.2, 0.25) is 0 Å². The number of pyridine rings is 2. The van der Waals surface area contributed by atoms with Crippen LogP contribution in [0.4, 0.5) is 16.0 Å². The third-order valence-electron chi connectivity index (χ3n) is 11.3. The highest BCUT2D eigenvalue weighted by Crippen LogP contribution is 2.41. The van der Waals surface area contributed by atoms with Crippen LogP contribution in [0.3, 0.4) is 0 Å². The molecule has 4 bridgehead atoms. The lowest BCUT2D eigenvalue weighted by atomic mass is 9.93. The molecule has 0 saturated carbocycles. The second-order valence-corrected chi connectivity index (χ2v) is 15.3. The van der Waals surface area contributed by atoms with E-state index in [1.807, 2.05) is 44.0 Å². The number of anilines is 2. The smallest absolute Gasteiger partial charge is 0.170 e. The first-order chi connectivity index (χ1) is 30.0. The maximum atomic E-state index is 14.2. The van der Waals surface area contributed by atoms with Crippen LogP contribution >= 0.6 is 0 Å². The van der Waals surface area contributed by atoms with Crippen molar-refractivity contribution in [2.24, 2.45) is 7.05 Å². The minimum atomic E-state index is -0.522. The molecule has 15 nitrogen and oxygen atoms in total. The standard InChI is InChI=1S/C24H24N6O.C22H18FN7O/c1-4-30-23-17(12-29-30)8-16-10-26-13-28-22(16)19-6-5-14(2)7-20(19)15(3)31-21-9-18(23)11-27-24(21)25;1-11-16-7-14(23)3-4-15(16)21-13(10-27-30(21)2)5-17-20(18(8-24)29-28-17)12-6-19(31-11)22(25)26-9-12/h5-7,9-13,15H,4,8H2,1-3H3,(H2,25,27);3-4,6-7,9-11H,5H2,1-2H3,(H2,25,26)(H,28,29). The van der Waals surface area contributed by atoms with Crippen molar-refractivity contribution in [1.82, 2.24) is 49.7 Å². The molecular weight excluding hydrogens is 786 g/mol. The average molecular weight is 828 g/mol. The number of nitrogens with zero attached hydrogens (tertiary/aromatic N) is 10. The van der Waals surface area contributed by atoms with E-state index in [1.54, 1.807) is 41.7 Å². The summed E-state index contributed by atoms with van der Waals surface area (Å²) in [5.74, 6) is 1.13. The number of hydrogen-bond acceptors (Lipinski definition) is 12. The second-order valence-electron chi connectivity index (χ2n) is 15.3. The van der Waals surface area contributed by atoms with Crippen LogP contribution in [0.5, 0.6) is 11.5 Å². The van der Waals surface area contributed by atoms with Gasteiger partial charge in [0, 0.05) is 106 Å². The molecular formula is C46H42FN13O2. The van der Waals surface area contributed by atoms with Crippen LogP contribution in [0.2, 0.25) is 0 Å². The molecule has 0 saturated heterocycles. The Morgan fingerprint density at radius 2 is 1.48 bits per heavy atom. The Morgan fingerprint density at radius 1 is 0.806 bits per heavy atom. The zero-order chi connectivity index (χ0) is 43.2. The SMILES string of the molecule is CC1Oc2cc(cnc2N)-c2c(C#N)n[nH]c2Cc2cnn(C)c2-c2ccc(F)cc21.CCn1ncc2c1-c1cnc(N)c(c1)OC(C)c1cc(C)ccc1-c1ncncc1C2. The molecule has 2 aliphatic heterocycles. The summed E-state index contributed by atoms with van der Waals surface area (Å²) in [6.45, 7) is 8.75. The van der Waals surface area contributed by atoms with Crippen molar-refractivity contribution in [3.63, 3.8) is 0 Å². The lowest BCUT2D eigenvalue weighted by Crippen LogP contribution is -2.10. The van der Waals surface area contributed by atoms with Crippen molar-refractivity contribution in [2.45, 2.75) is 59.3 Å². The number of nitrogens with two attached hydrogens (primary N) is 2. The van der Waals surface area contributed by atoms with Gasteiger partial charge in [-0.2, -0.15) is 20.6 Å². The summed E-state index contributed by atoms with van der Waals surface area (Å²) in [5.41, 5.74) is 25.9. The number of aryl methyl sites for hydroxylation is 3. The predicted octanol–water partition coefficient (Wildman–Crippen LogP) is 7.87. The van der Waals surface area contributed by atoms with E-state index in [2.05, 4.69) is 78.4 Å². The van der Waals surface area contributed by atoms with Crippen LogP contribution in [-0.2, 0) is 26.4 Å². The van der Waals surface area contributed by atoms with Crippen molar-refractivity contribution in [3.8, 4) is 62.5 Å². The number of halogens is 1. The molecule has 2 aromatic carbocycles. The van der Waals surface area contributed by atoms with E-state index in [-0.39, 0.29) is 23.4 Å². The Hall–Kier alpha value is -7.93. The molecule has 16 heteroatoms. The molecule has 0 fully saturated rings. The fourth-order valence-electron chi connectivity index (χ4n) is 8.30. The molecule has 2 unspecified atom stereocenters. The maximum Gasteiger partial charge on any atom is 0.170 e. The Balaban J connectivity index is 0.000000158. The van der Waals surface area contributed by atoms with Gasteiger partial charge in [-0.15, -0.1) is 0 Å². The normalized spacial score (nSPS) is 14.9. The van der Waals surface area contributed by atoms with Crippen molar-refractivity contribution in [2.75, 3.05) is 11.5 Å². The molecule has 0 spiro atoms. The highest BCUT2D eigenvalue weighted by Gasteiger charge is 2.26. The number of benzene rings is 2. The topological polar surface area (TPSA) is 210 Å². The summed E-state index contributed by atoms with van der Waals surface area (Å²) in [6, 6.07) is 16.8. The molecule has 5 N–H and O–H groups in total. The summed E-state index contributed by atoms with van der Waals surface area (Å²) in [6.07, 6.45) is 10.9. The monoisotopic (exact) mass is 827 g/mol. The number of H-pyrrole nitrogens is 1. The van der Waals surface area contributed by atoms with Crippen molar-refractivity contribution in [3.05, 3.63) is 136 Å². The summed E-state index contributed by atoms with van der Waals surface area (Å²) >= 11 is 0. The van der Waals surface area contributed by atoms with Crippen LogP contribution in [0, 0.1) is 24.1 Å². The number of ether oxygens (including phenoxy) is 2. The number of nitrogen functional groups attached to an aromatic ring is 2. The first kappa shape index (κ1) is 39.5. The minimum absolute atomic E-state index is 0.204. The third-order valence-corrected chi connectivity index (χ3v) is 11.3. The van der Waals surface area contributed by atoms with E-state index in [4.69, 9.17) is 20.9 Å². The van der Waals surface area contributed by atoms with Crippen LogP contribution in [0.1, 0.15) is 77.7 Å². The molecule has 10 rings (SSSR count). The molecule has 0 radical (unpaired) electrons. The highest BCUT2D eigenvalue weighted by molar-refractivity contribution is 5.76. The van der Waals surface area contributed by atoms with Gasteiger partial charge in [0.05, 0.1) is 29.5 Å². The number of aromatic nitrogens is 10. The number of fused-ring (bicyclic) bond motifs is 14. The molecule has 310 valence electrons. The van der Waals surface area contributed by atoms with Crippen LogP contribution in [-0.4, -0.2) is 49.7 Å². The summed E-state index contributed by atoms with van der Waals surface area (Å²) < 4.78 is 30.4. The average Bonchev–Trinajstić information content (AvgIpc) is 3.98. The van der Waals surface area contributed by atoms with Gasteiger partial charge in [-0.1, -0.05) is 23.8 Å².